The third-order valence-corrected chi connectivity index (χ3v) is 4.14. The molecule has 0 spiro atoms. The summed E-state index contributed by atoms with van der Waals surface area (Å²) in [6.45, 7) is 2.15. The summed E-state index contributed by atoms with van der Waals surface area (Å²) in [6, 6.07) is 9.55. The van der Waals surface area contributed by atoms with E-state index in [1.165, 1.54) is 12.1 Å². The Kier molecular flexibility index (Phi) is 3.52. The van der Waals surface area contributed by atoms with Gasteiger partial charge in [-0.1, -0.05) is 12.1 Å². The van der Waals surface area contributed by atoms with Crippen molar-refractivity contribution in [3.8, 4) is 17.2 Å². The number of carbonyl (C=O) groups is 1. The van der Waals surface area contributed by atoms with Crippen LogP contribution in [-0.4, -0.2) is 25.5 Å². The van der Waals surface area contributed by atoms with Gasteiger partial charge in [0.25, 0.3) is 0 Å². The van der Waals surface area contributed by atoms with Crippen molar-refractivity contribution in [2.75, 3.05) is 13.4 Å². The van der Waals surface area contributed by atoms with E-state index in [2.05, 4.69) is 0 Å². The summed E-state index contributed by atoms with van der Waals surface area (Å²) >= 11 is 0. The lowest BCUT2D eigenvalue weighted by atomic mass is 9.88. The highest BCUT2D eigenvalue weighted by molar-refractivity contribution is 5.80. The van der Waals surface area contributed by atoms with Crippen LogP contribution < -0.4 is 14.2 Å². The number of benzene rings is 2. The predicted molar refractivity (Wildman–Crippen MR) is 81.9 cm³/mol. The summed E-state index contributed by atoms with van der Waals surface area (Å²) in [6.07, 6.45) is -0.826. The average Bonchev–Trinajstić information content (AvgIpc) is 3.17. The fourth-order valence-corrected chi connectivity index (χ4v) is 3.09. The van der Waals surface area contributed by atoms with E-state index in [0.29, 0.717) is 17.2 Å². The first kappa shape index (κ1) is 14.8. The molecule has 124 valence electrons. The van der Waals surface area contributed by atoms with Crippen LogP contribution >= 0.6 is 0 Å². The number of hydrogen-bond acceptors (Lipinski definition) is 5. The Balaban J connectivity index is 1.79. The summed E-state index contributed by atoms with van der Waals surface area (Å²) in [7, 11) is 0. The number of ether oxygens (including phenoxy) is 4. The van der Waals surface area contributed by atoms with Gasteiger partial charge in [0.05, 0.1) is 12.5 Å². The van der Waals surface area contributed by atoms with Crippen LogP contribution in [0.3, 0.4) is 0 Å². The molecule has 2 atom stereocenters. The van der Waals surface area contributed by atoms with Gasteiger partial charge in [-0.2, -0.15) is 0 Å². The number of carbonyl (C=O) groups excluding carboxylic acids is 1. The number of rotatable bonds is 3. The first-order valence-corrected chi connectivity index (χ1v) is 7.69. The number of fused-ring (bicyclic) bond motifs is 2. The number of esters is 1. The summed E-state index contributed by atoms with van der Waals surface area (Å²) in [5.41, 5.74) is 1.57. The third-order valence-electron chi connectivity index (χ3n) is 4.14. The Morgan fingerprint density at radius 3 is 2.58 bits per heavy atom. The highest BCUT2D eigenvalue weighted by Gasteiger charge is 2.42. The minimum absolute atomic E-state index is 0.154. The Morgan fingerprint density at radius 2 is 1.88 bits per heavy atom. The van der Waals surface area contributed by atoms with Gasteiger partial charge in [0.1, 0.15) is 11.6 Å². The number of hydrogen-bond donors (Lipinski definition) is 0. The molecule has 5 nitrogen and oxygen atoms in total. The molecule has 2 aromatic carbocycles. The molecule has 0 saturated carbocycles. The van der Waals surface area contributed by atoms with Gasteiger partial charge >= 0.3 is 5.97 Å². The van der Waals surface area contributed by atoms with E-state index in [9.17, 15) is 9.18 Å². The third kappa shape index (κ3) is 2.35. The first-order chi connectivity index (χ1) is 11.7. The standard InChI is InChI=1S/C18H15FO5/c1-2-21-18(20)17-16(10-3-5-11(19)6-4-10)12-7-14-15(23-9-22-14)8-13(12)24-17/h3-8,16-17H,2,9H2,1H3/t16-,17-/m1/s1. The van der Waals surface area contributed by atoms with Crippen LogP contribution in [0.15, 0.2) is 36.4 Å². The summed E-state index contributed by atoms with van der Waals surface area (Å²) in [4.78, 5) is 12.3. The molecule has 0 aliphatic carbocycles. The van der Waals surface area contributed by atoms with E-state index in [4.69, 9.17) is 18.9 Å². The molecule has 0 saturated heterocycles. The molecule has 0 amide bonds. The molecule has 6 heteroatoms. The zero-order valence-corrected chi connectivity index (χ0v) is 13.0. The molecule has 0 unspecified atom stereocenters. The van der Waals surface area contributed by atoms with Gasteiger partial charge in [0.2, 0.25) is 12.9 Å². The second-order valence-electron chi connectivity index (χ2n) is 5.56. The van der Waals surface area contributed by atoms with E-state index in [0.717, 1.165) is 11.1 Å². The van der Waals surface area contributed by atoms with E-state index >= 15 is 0 Å². The Bertz CT molecular complexity index is 787. The predicted octanol–water partition coefficient (Wildman–Crippen LogP) is 3.01. The van der Waals surface area contributed by atoms with Gasteiger partial charge in [0.15, 0.2) is 11.5 Å². The Labute approximate surface area is 137 Å². The lowest BCUT2D eigenvalue weighted by Gasteiger charge is -2.18. The Hall–Kier alpha value is -2.76. The molecule has 0 aromatic heterocycles. The van der Waals surface area contributed by atoms with Crippen LogP contribution in [-0.2, 0) is 9.53 Å². The second kappa shape index (κ2) is 5.70. The smallest absolute Gasteiger partial charge is 0.348 e. The maximum absolute atomic E-state index is 13.3. The van der Waals surface area contributed by atoms with E-state index in [-0.39, 0.29) is 19.2 Å². The van der Waals surface area contributed by atoms with Crippen molar-refractivity contribution < 1.29 is 28.1 Å². The van der Waals surface area contributed by atoms with Crippen LogP contribution in [0.5, 0.6) is 17.2 Å². The van der Waals surface area contributed by atoms with Gasteiger partial charge in [-0.25, -0.2) is 9.18 Å². The second-order valence-corrected chi connectivity index (χ2v) is 5.56. The molecule has 2 aliphatic rings. The summed E-state index contributed by atoms with van der Waals surface area (Å²) < 4.78 is 35.0. The van der Waals surface area contributed by atoms with Crippen molar-refractivity contribution in [2.45, 2.75) is 18.9 Å². The maximum Gasteiger partial charge on any atom is 0.348 e. The monoisotopic (exact) mass is 330 g/mol. The fraction of sp³-hybridized carbons (Fsp3) is 0.278. The largest absolute Gasteiger partial charge is 0.477 e. The topological polar surface area (TPSA) is 54.0 Å². The maximum atomic E-state index is 13.3. The van der Waals surface area contributed by atoms with Crippen LogP contribution in [0.25, 0.3) is 0 Å². The highest BCUT2D eigenvalue weighted by Crippen LogP contribution is 2.48. The summed E-state index contributed by atoms with van der Waals surface area (Å²) in [5.74, 6) is 0.548. The first-order valence-electron chi connectivity index (χ1n) is 7.69. The molecule has 4 rings (SSSR count). The molecule has 2 aliphatic heterocycles. The van der Waals surface area contributed by atoms with Crippen molar-refractivity contribution in [3.05, 3.63) is 53.3 Å². The average molecular weight is 330 g/mol. The van der Waals surface area contributed by atoms with Crippen molar-refractivity contribution in [1.29, 1.82) is 0 Å². The molecular formula is C18H15FO5. The lowest BCUT2D eigenvalue weighted by molar-refractivity contribution is -0.151. The van der Waals surface area contributed by atoms with Crippen LogP contribution in [0.4, 0.5) is 4.39 Å². The molecular weight excluding hydrogens is 315 g/mol. The van der Waals surface area contributed by atoms with E-state index in [1.807, 2.05) is 6.07 Å². The van der Waals surface area contributed by atoms with E-state index in [1.54, 1.807) is 25.1 Å². The lowest BCUT2D eigenvalue weighted by Crippen LogP contribution is -2.31. The van der Waals surface area contributed by atoms with Crippen molar-refractivity contribution >= 4 is 5.97 Å². The Morgan fingerprint density at radius 1 is 1.17 bits per heavy atom. The minimum atomic E-state index is -0.826. The fourth-order valence-electron chi connectivity index (χ4n) is 3.09. The minimum Gasteiger partial charge on any atom is -0.477 e. The molecule has 0 N–H and O–H groups in total. The normalized spacial score (nSPS) is 20.4. The molecule has 2 aromatic rings. The molecule has 24 heavy (non-hydrogen) atoms. The van der Waals surface area contributed by atoms with E-state index < -0.39 is 18.0 Å². The molecule has 0 fully saturated rings. The van der Waals surface area contributed by atoms with Gasteiger partial charge in [-0.15, -0.1) is 0 Å². The molecule has 0 bridgehead atoms. The zero-order valence-electron chi connectivity index (χ0n) is 13.0. The van der Waals surface area contributed by atoms with Crippen molar-refractivity contribution in [1.82, 2.24) is 0 Å². The zero-order chi connectivity index (χ0) is 16.7. The van der Waals surface area contributed by atoms with Gasteiger partial charge in [-0.3, -0.25) is 0 Å². The van der Waals surface area contributed by atoms with Crippen LogP contribution in [0, 0.1) is 5.82 Å². The summed E-state index contributed by atoms with van der Waals surface area (Å²) in [5, 5.41) is 0. The van der Waals surface area contributed by atoms with Gasteiger partial charge in [-0.05, 0) is 30.7 Å². The quantitative estimate of drug-likeness (QED) is 0.810. The van der Waals surface area contributed by atoms with Crippen molar-refractivity contribution in [2.24, 2.45) is 0 Å². The highest BCUT2D eigenvalue weighted by atomic mass is 19.1. The molecule has 0 radical (unpaired) electrons. The van der Waals surface area contributed by atoms with Gasteiger partial charge in [0, 0.05) is 11.6 Å². The number of halogens is 1. The molecule has 2 heterocycles. The van der Waals surface area contributed by atoms with Crippen molar-refractivity contribution in [3.63, 3.8) is 0 Å². The van der Waals surface area contributed by atoms with Crippen LogP contribution in [0.2, 0.25) is 0 Å². The van der Waals surface area contributed by atoms with Crippen LogP contribution in [0.1, 0.15) is 24.0 Å². The SMILES string of the molecule is CCOC(=O)[C@@H]1Oc2cc3c(cc2[C@H]1c1ccc(F)cc1)OCO3. The van der Waals surface area contributed by atoms with Gasteiger partial charge < -0.3 is 18.9 Å².